The predicted octanol–water partition coefficient (Wildman–Crippen LogP) is 4.55. The van der Waals surface area contributed by atoms with Crippen molar-refractivity contribution in [2.45, 2.75) is 20.4 Å². The molecule has 3 heterocycles. The molecule has 0 bridgehead atoms. The quantitative estimate of drug-likeness (QED) is 0.565. The number of nitrogens with zero attached hydrogens (tertiary/aromatic N) is 3. The Bertz CT molecular complexity index is 1130. The molecule has 0 fully saturated rings. The molecule has 1 N–H and O–H groups in total. The third kappa shape index (κ3) is 3.59. The molecule has 0 unspecified atom stereocenters. The van der Waals surface area contributed by atoms with Crippen molar-refractivity contribution >= 4 is 33.3 Å². The molecule has 1 amide bonds. The minimum atomic E-state index is -0.264. The van der Waals surface area contributed by atoms with Crippen LogP contribution in [0.25, 0.3) is 10.2 Å². The Kier molecular flexibility index (Phi) is 4.45. The molecule has 136 valence electrons. The molecule has 27 heavy (non-hydrogen) atoms. The molecular formula is C20H17FN4OS. The van der Waals surface area contributed by atoms with Crippen molar-refractivity contribution < 1.29 is 9.18 Å². The van der Waals surface area contributed by atoms with E-state index in [9.17, 15) is 9.18 Å². The number of anilines is 1. The molecule has 0 radical (unpaired) electrons. The van der Waals surface area contributed by atoms with E-state index >= 15 is 0 Å². The Hall–Kier alpha value is -3.06. The van der Waals surface area contributed by atoms with Gasteiger partial charge < -0.3 is 5.32 Å². The molecule has 0 saturated heterocycles. The number of hydrogen-bond acceptors (Lipinski definition) is 4. The van der Waals surface area contributed by atoms with Crippen molar-refractivity contribution in [1.29, 1.82) is 0 Å². The maximum atomic E-state index is 13.1. The summed E-state index contributed by atoms with van der Waals surface area (Å²) in [5.74, 6) is 0.0736. The number of aryl methyl sites for hydroxylation is 2. The van der Waals surface area contributed by atoms with Gasteiger partial charge in [0.25, 0.3) is 5.91 Å². The minimum absolute atomic E-state index is 0.193. The van der Waals surface area contributed by atoms with Gasteiger partial charge in [0.05, 0.1) is 17.1 Å². The summed E-state index contributed by atoms with van der Waals surface area (Å²) in [5.41, 5.74) is 2.84. The van der Waals surface area contributed by atoms with Crippen LogP contribution in [-0.4, -0.2) is 20.7 Å². The second kappa shape index (κ2) is 6.92. The van der Waals surface area contributed by atoms with E-state index in [-0.39, 0.29) is 11.7 Å². The van der Waals surface area contributed by atoms with Gasteiger partial charge >= 0.3 is 0 Å². The number of amides is 1. The van der Waals surface area contributed by atoms with Gasteiger partial charge in [0.15, 0.2) is 0 Å². The fourth-order valence-corrected chi connectivity index (χ4v) is 3.93. The molecule has 0 aliphatic rings. The van der Waals surface area contributed by atoms with Crippen LogP contribution >= 0.6 is 11.3 Å². The molecule has 4 rings (SSSR count). The van der Waals surface area contributed by atoms with E-state index in [1.165, 1.54) is 23.5 Å². The van der Waals surface area contributed by atoms with Gasteiger partial charge in [-0.2, -0.15) is 5.10 Å². The molecule has 4 aromatic rings. The predicted molar refractivity (Wildman–Crippen MR) is 105 cm³/mol. The molecular weight excluding hydrogens is 363 g/mol. The number of thiophene rings is 1. The Balaban J connectivity index is 1.62. The summed E-state index contributed by atoms with van der Waals surface area (Å²) in [6.45, 7) is 4.38. The van der Waals surface area contributed by atoms with E-state index < -0.39 is 0 Å². The molecule has 0 saturated carbocycles. The number of aromatic nitrogens is 3. The first kappa shape index (κ1) is 17.4. The highest BCUT2D eigenvalue weighted by Crippen LogP contribution is 2.29. The second-order valence-corrected chi connectivity index (χ2v) is 7.40. The molecule has 0 atom stereocenters. The number of rotatable bonds is 4. The highest BCUT2D eigenvalue weighted by Gasteiger charge is 2.17. The first-order valence-corrected chi connectivity index (χ1v) is 9.26. The third-order valence-corrected chi connectivity index (χ3v) is 5.38. The van der Waals surface area contributed by atoms with Crippen molar-refractivity contribution in [3.63, 3.8) is 0 Å². The van der Waals surface area contributed by atoms with E-state index in [0.717, 1.165) is 27.0 Å². The Morgan fingerprint density at radius 3 is 2.70 bits per heavy atom. The van der Waals surface area contributed by atoms with Gasteiger partial charge in [0, 0.05) is 11.6 Å². The number of carbonyl (C=O) groups is 1. The Morgan fingerprint density at radius 1 is 1.19 bits per heavy atom. The average molecular weight is 380 g/mol. The monoisotopic (exact) mass is 380 g/mol. The minimum Gasteiger partial charge on any atom is -0.306 e. The fraction of sp³-hybridized carbons (Fsp3) is 0.150. The van der Waals surface area contributed by atoms with Crippen LogP contribution in [0.1, 0.15) is 26.5 Å². The number of fused-ring (bicyclic) bond motifs is 1. The van der Waals surface area contributed by atoms with Crippen molar-refractivity contribution in [2.24, 2.45) is 0 Å². The highest BCUT2D eigenvalue weighted by molar-refractivity contribution is 7.20. The normalized spacial score (nSPS) is 11.1. The zero-order valence-corrected chi connectivity index (χ0v) is 15.7. The summed E-state index contributed by atoms with van der Waals surface area (Å²) < 4.78 is 15.0. The number of pyridine rings is 1. The van der Waals surface area contributed by atoms with E-state index in [1.807, 2.05) is 36.7 Å². The summed E-state index contributed by atoms with van der Waals surface area (Å²) in [5, 5.41) is 8.34. The summed E-state index contributed by atoms with van der Waals surface area (Å²) in [7, 11) is 0. The van der Waals surface area contributed by atoms with Crippen LogP contribution in [-0.2, 0) is 6.54 Å². The SMILES string of the molecule is Cc1ccnc(NC(=O)c2cc3c(C)nn(Cc4ccc(F)cc4)c3s2)c1. The van der Waals surface area contributed by atoms with E-state index in [2.05, 4.69) is 15.4 Å². The lowest BCUT2D eigenvalue weighted by atomic mass is 10.2. The van der Waals surface area contributed by atoms with Gasteiger partial charge in [-0.3, -0.25) is 9.48 Å². The van der Waals surface area contributed by atoms with Crippen LogP contribution in [0.2, 0.25) is 0 Å². The van der Waals surface area contributed by atoms with Crippen LogP contribution < -0.4 is 5.32 Å². The maximum absolute atomic E-state index is 13.1. The van der Waals surface area contributed by atoms with Crippen LogP contribution in [0.15, 0.2) is 48.7 Å². The van der Waals surface area contributed by atoms with Crippen molar-refractivity contribution in [1.82, 2.24) is 14.8 Å². The molecule has 0 aliphatic carbocycles. The second-order valence-electron chi connectivity index (χ2n) is 6.37. The number of benzene rings is 1. The van der Waals surface area contributed by atoms with E-state index in [1.54, 1.807) is 18.3 Å². The maximum Gasteiger partial charge on any atom is 0.266 e. The summed E-state index contributed by atoms with van der Waals surface area (Å²) in [6.07, 6.45) is 1.67. The Morgan fingerprint density at radius 2 is 1.96 bits per heavy atom. The lowest BCUT2D eigenvalue weighted by Gasteiger charge is -2.04. The first-order valence-electron chi connectivity index (χ1n) is 8.45. The number of hydrogen-bond donors (Lipinski definition) is 1. The topological polar surface area (TPSA) is 59.8 Å². The molecule has 0 spiro atoms. The lowest BCUT2D eigenvalue weighted by Crippen LogP contribution is -2.11. The van der Waals surface area contributed by atoms with Crippen molar-refractivity contribution in [3.8, 4) is 0 Å². The molecule has 5 nitrogen and oxygen atoms in total. The van der Waals surface area contributed by atoms with Crippen molar-refractivity contribution in [3.05, 3.63) is 76.2 Å². The smallest absolute Gasteiger partial charge is 0.266 e. The lowest BCUT2D eigenvalue weighted by molar-refractivity contribution is 0.103. The Labute approximate surface area is 159 Å². The zero-order valence-electron chi connectivity index (χ0n) is 14.9. The summed E-state index contributed by atoms with van der Waals surface area (Å²) >= 11 is 1.39. The molecule has 7 heteroatoms. The standard InChI is InChI=1S/C20H17FN4OS/c1-12-7-8-22-18(9-12)23-19(26)17-10-16-13(2)24-25(20(16)27-17)11-14-3-5-15(21)6-4-14/h3-10H,11H2,1-2H3,(H,22,23,26). The third-order valence-electron chi connectivity index (χ3n) is 4.23. The number of halogens is 1. The highest BCUT2D eigenvalue weighted by atomic mass is 32.1. The molecule has 0 aliphatic heterocycles. The van der Waals surface area contributed by atoms with Crippen molar-refractivity contribution in [2.75, 3.05) is 5.32 Å². The average Bonchev–Trinajstić information content (AvgIpc) is 3.19. The summed E-state index contributed by atoms with van der Waals surface area (Å²) in [6, 6.07) is 11.9. The largest absolute Gasteiger partial charge is 0.306 e. The number of nitrogens with one attached hydrogen (secondary N) is 1. The first-order chi connectivity index (χ1) is 13.0. The van der Waals surface area contributed by atoms with E-state index in [4.69, 9.17) is 0 Å². The van der Waals surface area contributed by atoms with Crippen LogP contribution in [0.5, 0.6) is 0 Å². The van der Waals surface area contributed by atoms with Gasteiger partial charge in [-0.05, 0) is 55.3 Å². The summed E-state index contributed by atoms with van der Waals surface area (Å²) in [4.78, 5) is 18.3. The van der Waals surface area contributed by atoms with Crippen LogP contribution in [0, 0.1) is 19.7 Å². The molecule has 1 aromatic carbocycles. The van der Waals surface area contributed by atoms with Gasteiger partial charge in [0.1, 0.15) is 16.5 Å². The molecule has 3 aromatic heterocycles. The fourth-order valence-electron chi connectivity index (χ4n) is 2.88. The van der Waals surface area contributed by atoms with Gasteiger partial charge in [-0.25, -0.2) is 9.37 Å². The zero-order chi connectivity index (χ0) is 19.0. The van der Waals surface area contributed by atoms with Crippen LogP contribution in [0.4, 0.5) is 10.2 Å². The van der Waals surface area contributed by atoms with Gasteiger partial charge in [0.2, 0.25) is 0 Å². The van der Waals surface area contributed by atoms with Gasteiger partial charge in [-0.15, -0.1) is 11.3 Å². The van der Waals surface area contributed by atoms with E-state index in [0.29, 0.717) is 17.2 Å². The van der Waals surface area contributed by atoms with Gasteiger partial charge in [-0.1, -0.05) is 12.1 Å². The number of carbonyl (C=O) groups excluding carboxylic acids is 1. The van der Waals surface area contributed by atoms with Crippen LogP contribution in [0.3, 0.4) is 0 Å².